The molecule has 0 spiro atoms. The van der Waals surface area contributed by atoms with E-state index in [1.807, 2.05) is 27.7 Å². The predicted molar refractivity (Wildman–Crippen MR) is 67.2 cm³/mol. The quantitative estimate of drug-likeness (QED) is 0.709. The van der Waals surface area contributed by atoms with Gasteiger partial charge in [0, 0.05) is 26.2 Å². The maximum atomic E-state index is 12.0. The van der Waals surface area contributed by atoms with Gasteiger partial charge in [-0.2, -0.15) is 0 Å². The molecule has 1 amide bonds. The zero-order valence-electron chi connectivity index (χ0n) is 11.8. The van der Waals surface area contributed by atoms with E-state index in [0.717, 1.165) is 0 Å². The maximum absolute atomic E-state index is 12.0. The number of methoxy groups -OCH3 is 1. The number of nitrogens with zero attached hydrogens (tertiary/aromatic N) is 1. The zero-order chi connectivity index (χ0) is 13.9. The van der Waals surface area contributed by atoms with Crippen LogP contribution in [0, 0.1) is 0 Å². The lowest BCUT2D eigenvalue weighted by atomic mass is 10.1. The molecule has 18 heavy (non-hydrogen) atoms. The Morgan fingerprint density at radius 2 is 2.06 bits per heavy atom. The average Bonchev–Trinajstić information content (AvgIpc) is 2.24. The summed E-state index contributed by atoms with van der Waals surface area (Å²) in [5.41, 5.74) is -0.513. The highest BCUT2D eigenvalue weighted by molar-refractivity contribution is 5.68. The van der Waals surface area contributed by atoms with Crippen LogP contribution in [0.4, 0.5) is 4.79 Å². The fraction of sp³-hybridized carbons (Fsp3) is 0.917. The number of hydrogen-bond acceptors (Lipinski definition) is 5. The van der Waals surface area contributed by atoms with E-state index < -0.39 is 11.9 Å². The molecule has 1 aliphatic heterocycles. The van der Waals surface area contributed by atoms with Gasteiger partial charge in [0.15, 0.2) is 6.29 Å². The molecule has 6 heteroatoms. The molecule has 0 radical (unpaired) electrons. The van der Waals surface area contributed by atoms with Crippen molar-refractivity contribution in [3.8, 4) is 0 Å². The molecule has 1 fully saturated rings. The summed E-state index contributed by atoms with van der Waals surface area (Å²) in [7, 11) is 1.43. The highest BCUT2D eigenvalue weighted by Gasteiger charge is 2.33. The van der Waals surface area contributed by atoms with E-state index in [1.165, 1.54) is 7.11 Å². The molecule has 106 valence electrons. The molecular formula is C12H24N2O4. The summed E-state index contributed by atoms with van der Waals surface area (Å²) in [4.78, 5) is 13.6. The van der Waals surface area contributed by atoms with Crippen LogP contribution in [0.3, 0.4) is 0 Å². The summed E-state index contributed by atoms with van der Waals surface area (Å²) in [6.07, 6.45) is -1.29. The number of amides is 1. The minimum atomic E-state index is -0.933. The molecule has 1 rings (SSSR count). The lowest BCUT2D eigenvalue weighted by Gasteiger charge is -2.39. The fourth-order valence-corrected chi connectivity index (χ4v) is 1.93. The summed E-state index contributed by atoms with van der Waals surface area (Å²) in [6, 6.07) is -0.215. The molecule has 0 aromatic heterocycles. The molecule has 3 unspecified atom stereocenters. The van der Waals surface area contributed by atoms with E-state index in [0.29, 0.717) is 13.1 Å². The number of piperazine rings is 1. The predicted octanol–water partition coefficient (Wildman–Crippen LogP) is 0.549. The van der Waals surface area contributed by atoms with Gasteiger partial charge in [-0.1, -0.05) is 0 Å². The number of hydrogen-bond donors (Lipinski definition) is 2. The van der Waals surface area contributed by atoms with Crippen LogP contribution in [0.5, 0.6) is 0 Å². The van der Waals surface area contributed by atoms with Gasteiger partial charge in [-0.3, -0.25) is 0 Å². The Bertz CT molecular complexity index is 290. The molecule has 0 aromatic rings. The molecular weight excluding hydrogens is 236 g/mol. The van der Waals surface area contributed by atoms with Crippen LogP contribution in [0.2, 0.25) is 0 Å². The Balaban J connectivity index is 2.63. The van der Waals surface area contributed by atoms with Gasteiger partial charge in [0.25, 0.3) is 0 Å². The molecule has 2 N–H and O–H groups in total. The average molecular weight is 260 g/mol. The molecule has 0 bridgehead atoms. The van der Waals surface area contributed by atoms with Crippen LogP contribution in [-0.4, -0.2) is 60.3 Å². The second-order valence-electron chi connectivity index (χ2n) is 5.69. The Labute approximate surface area is 108 Å². The largest absolute Gasteiger partial charge is 0.444 e. The first-order chi connectivity index (χ1) is 8.23. The lowest BCUT2D eigenvalue weighted by molar-refractivity contribution is -0.110. The third-order valence-electron chi connectivity index (χ3n) is 2.65. The molecule has 1 aliphatic rings. The van der Waals surface area contributed by atoms with Crippen molar-refractivity contribution in [2.24, 2.45) is 0 Å². The van der Waals surface area contributed by atoms with Gasteiger partial charge in [-0.05, 0) is 27.7 Å². The second-order valence-corrected chi connectivity index (χ2v) is 5.69. The van der Waals surface area contributed by atoms with Crippen LogP contribution < -0.4 is 5.32 Å². The Morgan fingerprint density at radius 1 is 1.44 bits per heavy atom. The van der Waals surface area contributed by atoms with Crippen molar-refractivity contribution in [2.45, 2.75) is 51.7 Å². The van der Waals surface area contributed by atoms with Crippen molar-refractivity contribution in [2.75, 3.05) is 20.2 Å². The topological polar surface area (TPSA) is 71.0 Å². The first-order valence-electron chi connectivity index (χ1n) is 6.18. The monoisotopic (exact) mass is 260 g/mol. The minimum Gasteiger partial charge on any atom is -0.444 e. The zero-order valence-corrected chi connectivity index (χ0v) is 11.8. The van der Waals surface area contributed by atoms with Crippen LogP contribution in [-0.2, 0) is 9.47 Å². The molecule has 0 aromatic carbocycles. The minimum absolute atomic E-state index is 0.0843. The lowest BCUT2D eigenvalue weighted by Crippen LogP contribution is -2.61. The molecule has 1 saturated heterocycles. The number of carbonyl (C=O) groups is 1. The summed E-state index contributed by atoms with van der Waals surface area (Å²) in [5, 5.41) is 12.9. The molecule has 0 saturated carbocycles. The highest BCUT2D eigenvalue weighted by atomic mass is 16.6. The van der Waals surface area contributed by atoms with Crippen molar-refractivity contribution in [1.82, 2.24) is 10.2 Å². The smallest absolute Gasteiger partial charge is 0.410 e. The third-order valence-corrected chi connectivity index (χ3v) is 2.65. The van der Waals surface area contributed by atoms with Gasteiger partial charge < -0.3 is 24.8 Å². The Kier molecular flexibility index (Phi) is 4.95. The molecule has 6 nitrogen and oxygen atoms in total. The van der Waals surface area contributed by atoms with Crippen LogP contribution in [0.25, 0.3) is 0 Å². The van der Waals surface area contributed by atoms with Gasteiger partial charge in [0.1, 0.15) is 5.60 Å². The van der Waals surface area contributed by atoms with Crippen molar-refractivity contribution in [1.29, 1.82) is 0 Å². The number of carbonyl (C=O) groups excluding carboxylic acids is 1. The van der Waals surface area contributed by atoms with E-state index >= 15 is 0 Å². The van der Waals surface area contributed by atoms with Crippen molar-refractivity contribution < 1.29 is 19.4 Å². The van der Waals surface area contributed by atoms with E-state index in [9.17, 15) is 9.90 Å². The molecule has 3 atom stereocenters. The molecule has 0 aliphatic carbocycles. The number of nitrogens with one attached hydrogen (secondary N) is 1. The van der Waals surface area contributed by atoms with Gasteiger partial charge in [0.05, 0.1) is 6.04 Å². The first-order valence-corrected chi connectivity index (χ1v) is 6.18. The molecule has 1 heterocycles. The Morgan fingerprint density at radius 3 is 2.56 bits per heavy atom. The number of aliphatic hydroxyl groups is 1. The van der Waals surface area contributed by atoms with E-state index in [2.05, 4.69) is 5.32 Å². The highest BCUT2D eigenvalue weighted by Crippen LogP contribution is 2.14. The maximum Gasteiger partial charge on any atom is 0.410 e. The second kappa shape index (κ2) is 5.86. The van der Waals surface area contributed by atoms with Crippen molar-refractivity contribution in [3.05, 3.63) is 0 Å². The SMILES string of the molecule is COC(O)C1CN(C(=O)OC(C)(C)C)CC(C)N1. The van der Waals surface area contributed by atoms with Gasteiger partial charge in [-0.25, -0.2) is 4.79 Å². The van der Waals surface area contributed by atoms with E-state index in [-0.39, 0.29) is 18.2 Å². The normalized spacial score (nSPS) is 26.9. The standard InChI is InChI=1S/C12H24N2O4/c1-8-6-14(11(16)18-12(2,3)4)7-9(13-8)10(15)17-5/h8-10,13,15H,6-7H2,1-5H3. The number of rotatable bonds is 2. The van der Waals surface area contributed by atoms with E-state index in [4.69, 9.17) is 9.47 Å². The fourth-order valence-electron chi connectivity index (χ4n) is 1.93. The van der Waals surface area contributed by atoms with Crippen molar-refractivity contribution in [3.63, 3.8) is 0 Å². The summed E-state index contributed by atoms with van der Waals surface area (Å²) >= 11 is 0. The van der Waals surface area contributed by atoms with Gasteiger partial charge in [-0.15, -0.1) is 0 Å². The van der Waals surface area contributed by atoms with Crippen LogP contribution in [0.15, 0.2) is 0 Å². The number of aliphatic hydroxyl groups excluding tert-OH is 1. The summed E-state index contributed by atoms with van der Waals surface area (Å²) in [6.45, 7) is 8.37. The van der Waals surface area contributed by atoms with Gasteiger partial charge >= 0.3 is 6.09 Å². The first kappa shape index (κ1) is 15.2. The number of ether oxygens (including phenoxy) is 2. The summed E-state index contributed by atoms with van der Waals surface area (Å²) in [5.74, 6) is 0. The summed E-state index contributed by atoms with van der Waals surface area (Å²) < 4.78 is 10.2. The van der Waals surface area contributed by atoms with Crippen LogP contribution in [0.1, 0.15) is 27.7 Å². The van der Waals surface area contributed by atoms with Gasteiger partial charge in [0.2, 0.25) is 0 Å². The van der Waals surface area contributed by atoms with E-state index in [1.54, 1.807) is 4.90 Å². The van der Waals surface area contributed by atoms with Crippen molar-refractivity contribution >= 4 is 6.09 Å². The third kappa shape index (κ3) is 4.44. The Hall–Kier alpha value is -0.850. The van der Waals surface area contributed by atoms with Crippen LogP contribution >= 0.6 is 0 Å².